The van der Waals surface area contributed by atoms with Gasteiger partial charge in [0.2, 0.25) is 0 Å². The van der Waals surface area contributed by atoms with Crippen LogP contribution < -0.4 is 0 Å². The Morgan fingerprint density at radius 3 is 1.12 bits per heavy atom. The molecule has 0 fully saturated rings. The minimum atomic E-state index is -0.121. The van der Waals surface area contributed by atoms with E-state index in [1.54, 1.807) is 9.12 Å². The summed E-state index contributed by atoms with van der Waals surface area (Å²) in [6.07, 6.45) is 5.01. The lowest BCUT2D eigenvalue weighted by atomic mass is 10.2. The molecule has 0 saturated heterocycles. The molecule has 118 valence electrons. The highest BCUT2D eigenvalue weighted by atomic mass is 31.0. The fourth-order valence-electron chi connectivity index (χ4n) is 1.63. The van der Waals surface area contributed by atoms with E-state index in [2.05, 4.69) is 11.8 Å². The average molecular weight is 334 g/mol. The lowest BCUT2D eigenvalue weighted by Gasteiger charge is -1.88. The van der Waals surface area contributed by atoms with Gasteiger partial charge in [-0.2, -0.15) is 0 Å². The molecule has 2 aromatic carbocycles. The molecule has 2 aromatic rings. The first-order valence-corrected chi connectivity index (χ1v) is 7.41. The Morgan fingerprint density at radius 1 is 0.542 bits per heavy atom. The van der Waals surface area contributed by atoms with Crippen LogP contribution in [0.2, 0.25) is 0 Å². The van der Waals surface area contributed by atoms with Crippen LogP contribution in [0.3, 0.4) is 0 Å². The molecule has 0 aliphatic heterocycles. The van der Waals surface area contributed by atoms with Crippen LogP contribution in [0.4, 0.5) is 0 Å². The van der Waals surface area contributed by atoms with Crippen LogP contribution in [0.15, 0.2) is 85.0 Å². The molecular formula is C20H15O3P. The van der Waals surface area contributed by atoms with E-state index < -0.39 is 0 Å². The summed E-state index contributed by atoms with van der Waals surface area (Å²) in [5.74, 6) is 5.98. The average Bonchev–Trinajstić information content (AvgIpc) is 2.66. The molecule has 3 rings (SSSR count). The molecule has 0 aromatic heterocycles. The van der Waals surface area contributed by atoms with E-state index >= 15 is 0 Å². The van der Waals surface area contributed by atoms with E-state index in [0.717, 1.165) is 11.1 Å². The van der Waals surface area contributed by atoms with Gasteiger partial charge < -0.3 is 0 Å². The third-order valence-corrected chi connectivity index (χ3v) is 2.72. The van der Waals surface area contributed by atoms with Crippen LogP contribution in [0, 0.1) is 11.8 Å². The van der Waals surface area contributed by atoms with E-state index in [-0.39, 0.29) is 11.6 Å². The lowest BCUT2D eigenvalue weighted by molar-refractivity contribution is -0.113. The monoisotopic (exact) mass is 334 g/mol. The highest BCUT2D eigenvalue weighted by Gasteiger charge is 1.97. The Kier molecular flexibility index (Phi) is 9.07. The summed E-state index contributed by atoms with van der Waals surface area (Å²) in [4.78, 5) is 20.6. The van der Waals surface area contributed by atoms with Gasteiger partial charge in [0.15, 0.2) is 11.6 Å². The molecule has 0 saturated carbocycles. The summed E-state index contributed by atoms with van der Waals surface area (Å²) in [6, 6.07) is 20.0. The third kappa shape index (κ3) is 7.79. The minimum Gasteiger partial charge on any atom is -0.290 e. The van der Waals surface area contributed by atoms with E-state index in [1.807, 2.05) is 60.7 Å². The van der Waals surface area contributed by atoms with Gasteiger partial charge in [-0.3, -0.25) is 14.2 Å². The maximum Gasteiger partial charge on any atom is 0.178 e. The number of carbonyl (C=O) groups excluding carboxylic acids is 2. The summed E-state index contributed by atoms with van der Waals surface area (Å²) in [5, 5.41) is 0. The number of allylic oxidation sites excluding steroid dienone is 4. The van der Waals surface area contributed by atoms with Crippen LogP contribution in [0.5, 0.6) is 0 Å². The predicted molar refractivity (Wildman–Crippen MR) is 96.2 cm³/mol. The Morgan fingerprint density at radius 2 is 0.833 bits per heavy atom. The molecule has 0 unspecified atom stereocenters. The highest BCUT2D eigenvalue weighted by Crippen LogP contribution is 1.98. The van der Waals surface area contributed by atoms with Gasteiger partial charge in [-0.15, -0.1) is 0 Å². The molecule has 4 heteroatoms. The fourth-order valence-corrected chi connectivity index (χ4v) is 1.63. The van der Waals surface area contributed by atoms with Gasteiger partial charge in [0, 0.05) is 11.1 Å². The molecule has 0 radical (unpaired) electrons. The Labute approximate surface area is 143 Å². The zero-order chi connectivity index (χ0) is 17.6. The van der Waals surface area contributed by atoms with Gasteiger partial charge in [0.25, 0.3) is 0 Å². The standard InChI is InChI=1S/C14H10.C6H4O2.HOP/c1-3-7-13(8-4-1)11-12-14-9-5-2-6-10-14;7-5-1-2-6(8)4-3-5;1-2/h1-10H;1-4H;2H. The predicted octanol–water partition coefficient (Wildman–Crippen LogP) is 3.81. The van der Waals surface area contributed by atoms with E-state index in [9.17, 15) is 9.59 Å². The number of hydrogen-bond donors (Lipinski definition) is 0. The topological polar surface area (TPSA) is 51.2 Å². The van der Waals surface area contributed by atoms with Crippen molar-refractivity contribution in [3.05, 3.63) is 96.1 Å². The van der Waals surface area contributed by atoms with Gasteiger partial charge in [-0.25, -0.2) is 0 Å². The summed E-state index contributed by atoms with van der Waals surface area (Å²) in [6.45, 7) is 0. The Hall–Kier alpha value is -3.08. The smallest absolute Gasteiger partial charge is 0.178 e. The quantitative estimate of drug-likeness (QED) is 0.418. The first-order chi connectivity index (χ1) is 11.7. The Bertz CT molecular complexity index is 700. The van der Waals surface area contributed by atoms with E-state index in [4.69, 9.17) is 4.57 Å². The zero-order valence-corrected chi connectivity index (χ0v) is 13.8. The normalized spacial score (nSPS) is 11.2. The molecule has 0 amide bonds. The lowest BCUT2D eigenvalue weighted by Crippen LogP contribution is -1.97. The third-order valence-electron chi connectivity index (χ3n) is 2.72. The first kappa shape index (κ1) is 19.0. The number of rotatable bonds is 0. The summed E-state index contributed by atoms with van der Waals surface area (Å²) < 4.78 is 8.06. The summed E-state index contributed by atoms with van der Waals surface area (Å²) in [7, 11) is 1.72. The SMILES string of the molecule is C(#Cc1ccccc1)c1ccccc1.O=C1C=CC(=O)C=C1.O=P. The van der Waals surface area contributed by atoms with Crippen molar-refractivity contribution in [3.8, 4) is 11.8 Å². The largest absolute Gasteiger partial charge is 0.290 e. The van der Waals surface area contributed by atoms with Crippen molar-refractivity contribution in [1.29, 1.82) is 0 Å². The highest BCUT2D eigenvalue weighted by molar-refractivity contribution is 7.00. The maximum absolute atomic E-state index is 10.3. The summed E-state index contributed by atoms with van der Waals surface area (Å²) in [5.41, 5.74) is 2.10. The van der Waals surface area contributed by atoms with Crippen molar-refractivity contribution in [2.75, 3.05) is 0 Å². The molecular weight excluding hydrogens is 319 g/mol. The first-order valence-electron chi connectivity index (χ1n) is 7.01. The molecule has 0 N–H and O–H groups in total. The van der Waals surface area contributed by atoms with Gasteiger partial charge in [0.1, 0.15) is 9.12 Å². The second-order valence-corrected chi connectivity index (χ2v) is 4.45. The van der Waals surface area contributed by atoms with Crippen LogP contribution in [-0.2, 0) is 14.2 Å². The molecule has 0 bridgehead atoms. The van der Waals surface area contributed by atoms with Crippen LogP contribution >= 0.6 is 9.12 Å². The van der Waals surface area contributed by atoms with E-state index in [0.29, 0.717) is 0 Å². The minimum absolute atomic E-state index is 0.121. The van der Waals surface area contributed by atoms with Crippen molar-refractivity contribution < 1.29 is 14.2 Å². The molecule has 24 heavy (non-hydrogen) atoms. The molecule has 1 aliphatic rings. The number of benzene rings is 2. The fraction of sp³-hybridized carbons (Fsp3) is 0. The van der Waals surface area contributed by atoms with Gasteiger partial charge in [-0.1, -0.05) is 48.2 Å². The number of carbonyl (C=O) groups is 2. The number of ketones is 2. The van der Waals surface area contributed by atoms with Crippen molar-refractivity contribution in [2.45, 2.75) is 0 Å². The van der Waals surface area contributed by atoms with Crippen LogP contribution in [-0.4, -0.2) is 11.6 Å². The zero-order valence-electron chi connectivity index (χ0n) is 12.8. The second kappa shape index (κ2) is 11.5. The van der Waals surface area contributed by atoms with Crippen molar-refractivity contribution in [1.82, 2.24) is 0 Å². The van der Waals surface area contributed by atoms with Crippen LogP contribution in [0.1, 0.15) is 11.1 Å². The molecule has 0 atom stereocenters. The second-order valence-electron chi connectivity index (χ2n) is 4.45. The molecule has 0 spiro atoms. The van der Waals surface area contributed by atoms with Crippen molar-refractivity contribution >= 4 is 20.7 Å². The van der Waals surface area contributed by atoms with Crippen molar-refractivity contribution in [3.63, 3.8) is 0 Å². The number of hydrogen-bond acceptors (Lipinski definition) is 3. The maximum atomic E-state index is 10.3. The van der Waals surface area contributed by atoms with Gasteiger partial charge >= 0.3 is 0 Å². The molecule has 3 nitrogen and oxygen atoms in total. The van der Waals surface area contributed by atoms with Crippen LogP contribution in [0.25, 0.3) is 0 Å². The Balaban J connectivity index is 0.000000245. The van der Waals surface area contributed by atoms with Gasteiger partial charge in [-0.05, 0) is 48.6 Å². The summed E-state index contributed by atoms with van der Waals surface area (Å²) >= 11 is 0. The van der Waals surface area contributed by atoms with E-state index in [1.165, 1.54) is 24.3 Å². The molecule has 1 aliphatic carbocycles. The molecule has 0 heterocycles. The van der Waals surface area contributed by atoms with Crippen molar-refractivity contribution in [2.24, 2.45) is 0 Å². The van der Waals surface area contributed by atoms with Gasteiger partial charge in [0.05, 0.1) is 0 Å².